The van der Waals surface area contributed by atoms with Gasteiger partial charge >= 0.3 is 6.03 Å². The van der Waals surface area contributed by atoms with Gasteiger partial charge in [-0.05, 0) is 19.3 Å². The lowest BCUT2D eigenvalue weighted by Gasteiger charge is -2.21. The highest BCUT2D eigenvalue weighted by atomic mass is 32.1. The van der Waals surface area contributed by atoms with Gasteiger partial charge in [-0.25, -0.2) is 9.78 Å². The molecule has 5 nitrogen and oxygen atoms in total. The number of thiazole rings is 1. The Morgan fingerprint density at radius 3 is 3.00 bits per heavy atom. The molecule has 0 unspecified atom stereocenters. The Bertz CT molecular complexity index is 418. The van der Waals surface area contributed by atoms with Crippen LogP contribution in [0.25, 0.3) is 0 Å². The second-order valence-electron chi connectivity index (χ2n) is 4.85. The molecule has 1 aromatic rings. The number of carbonyl (C=O) groups is 1. The van der Waals surface area contributed by atoms with Gasteiger partial charge in [0.2, 0.25) is 0 Å². The lowest BCUT2D eigenvalue weighted by atomic mass is 10.3. The van der Waals surface area contributed by atoms with Crippen molar-refractivity contribution in [2.24, 2.45) is 0 Å². The third-order valence-electron chi connectivity index (χ3n) is 3.17. The third kappa shape index (κ3) is 4.18. The van der Waals surface area contributed by atoms with E-state index < -0.39 is 0 Å². The summed E-state index contributed by atoms with van der Waals surface area (Å²) in [6.07, 6.45) is 4.39. The predicted molar refractivity (Wildman–Crippen MR) is 76.7 cm³/mol. The molecule has 6 heteroatoms. The molecule has 1 aliphatic rings. The lowest BCUT2D eigenvalue weighted by Crippen LogP contribution is -2.37. The molecule has 0 spiro atoms. The van der Waals surface area contributed by atoms with Crippen LogP contribution in [0.3, 0.4) is 0 Å². The van der Waals surface area contributed by atoms with Crippen molar-refractivity contribution in [3.05, 3.63) is 11.1 Å². The van der Waals surface area contributed by atoms with Crippen LogP contribution in [-0.4, -0.2) is 40.7 Å². The average molecular weight is 283 g/mol. The molecule has 2 amide bonds. The van der Waals surface area contributed by atoms with Crippen LogP contribution < -0.4 is 5.32 Å². The largest absolute Gasteiger partial charge is 0.395 e. The third-order valence-corrected chi connectivity index (χ3v) is 3.95. The average Bonchev–Trinajstić information content (AvgIpc) is 3.15. The molecule has 0 aliphatic heterocycles. The Kier molecular flexibility index (Phi) is 5.15. The van der Waals surface area contributed by atoms with Gasteiger partial charge in [-0.1, -0.05) is 13.3 Å². The molecular formula is C13H21N3O2S. The first-order valence-electron chi connectivity index (χ1n) is 6.86. The number of aromatic nitrogens is 1. The summed E-state index contributed by atoms with van der Waals surface area (Å²) in [5, 5.41) is 14.5. The molecule has 1 saturated carbocycles. The minimum atomic E-state index is -0.167. The van der Waals surface area contributed by atoms with Crippen molar-refractivity contribution in [3.8, 4) is 0 Å². The summed E-state index contributed by atoms with van der Waals surface area (Å²) in [7, 11) is 0. The zero-order valence-corrected chi connectivity index (χ0v) is 12.1. The summed E-state index contributed by atoms with van der Waals surface area (Å²) < 4.78 is 0. The van der Waals surface area contributed by atoms with Crippen LogP contribution in [0.1, 0.15) is 44.2 Å². The number of amides is 2. The molecule has 1 fully saturated rings. The van der Waals surface area contributed by atoms with Gasteiger partial charge < -0.3 is 10.0 Å². The van der Waals surface area contributed by atoms with Crippen LogP contribution >= 0.6 is 11.3 Å². The van der Waals surface area contributed by atoms with E-state index in [9.17, 15) is 4.79 Å². The zero-order valence-electron chi connectivity index (χ0n) is 11.3. The Balaban J connectivity index is 1.88. The fourth-order valence-corrected chi connectivity index (χ4v) is 2.65. The van der Waals surface area contributed by atoms with Crippen molar-refractivity contribution in [2.45, 2.75) is 38.5 Å². The molecule has 2 rings (SSSR count). The number of hydrogen-bond donors (Lipinski definition) is 2. The van der Waals surface area contributed by atoms with E-state index in [1.54, 1.807) is 4.90 Å². The predicted octanol–water partition coefficient (Wildman–Crippen LogP) is 2.65. The van der Waals surface area contributed by atoms with Crippen molar-refractivity contribution in [1.82, 2.24) is 9.88 Å². The second-order valence-corrected chi connectivity index (χ2v) is 5.70. The van der Waals surface area contributed by atoms with E-state index in [1.807, 2.05) is 5.38 Å². The van der Waals surface area contributed by atoms with Crippen molar-refractivity contribution in [3.63, 3.8) is 0 Å². The van der Waals surface area contributed by atoms with E-state index in [0.717, 1.165) is 18.5 Å². The number of carbonyl (C=O) groups excluding carboxylic acids is 1. The van der Waals surface area contributed by atoms with Gasteiger partial charge in [0.1, 0.15) is 0 Å². The van der Waals surface area contributed by atoms with Crippen molar-refractivity contribution >= 4 is 22.5 Å². The van der Waals surface area contributed by atoms with Gasteiger partial charge in [0.25, 0.3) is 0 Å². The first kappa shape index (κ1) is 14.3. The standard InChI is InChI=1S/C13H21N3O2S/c1-2-3-6-16(7-8-17)13(18)15-12-14-11(9-19-12)10-4-5-10/h9-10,17H,2-8H2,1H3,(H,14,15,18). The highest BCUT2D eigenvalue weighted by molar-refractivity contribution is 7.13. The number of aliphatic hydroxyl groups excluding tert-OH is 1. The summed E-state index contributed by atoms with van der Waals surface area (Å²) in [6, 6.07) is -0.167. The van der Waals surface area contributed by atoms with Crippen LogP contribution in [-0.2, 0) is 0 Å². The summed E-state index contributed by atoms with van der Waals surface area (Å²) in [4.78, 5) is 18.1. The second kappa shape index (κ2) is 6.86. The summed E-state index contributed by atoms with van der Waals surface area (Å²) >= 11 is 1.47. The Morgan fingerprint density at radius 2 is 2.37 bits per heavy atom. The fraction of sp³-hybridized carbons (Fsp3) is 0.692. The Labute approximate surface area is 117 Å². The maximum atomic E-state index is 12.1. The van der Waals surface area contributed by atoms with Gasteiger partial charge in [-0.15, -0.1) is 11.3 Å². The quantitative estimate of drug-likeness (QED) is 0.808. The van der Waals surface area contributed by atoms with Crippen molar-refractivity contribution in [2.75, 3.05) is 25.0 Å². The molecule has 0 bridgehead atoms. The number of rotatable bonds is 7. The molecule has 1 aliphatic carbocycles. The minimum Gasteiger partial charge on any atom is -0.395 e. The molecule has 0 saturated heterocycles. The van der Waals surface area contributed by atoms with Gasteiger partial charge in [0.05, 0.1) is 12.3 Å². The van der Waals surface area contributed by atoms with Crippen LogP contribution in [0.4, 0.5) is 9.93 Å². The van der Waals surface area contributed by atoms with Crippen LogP contribution in [0.15, 0.2) is 5.38 Å². The topological polar surface area (TPSA) is 65.5 Å². The van der Waals surface area contributed by atoms with Gasteiger partial charge in [0.15, 0.2) is 5.13 Å². The molecular weight excluding hydrogens is 262 g/mol. The molecule has 1 heterocycles. The maximum absolute atomic E-state index is 12.1. The highest BCUT2D eigenvalue weighted by Gasteiger charge is 2.26. The molecule has 1 aromatic heterocycles. The molecule has 19 heavy (non-hydrogen) atoms. The van der Waals surface area contributed by atoms with Crippen molar-refractivity contribution in [1.29, 1.82) is 0 Å². The van der Waals surface area contributed by atoms with Gasteiger partial charge in [0, 0.05) is 24.4 Å². The first-order valence-corrected chi connectivity index (χ1v) is 7.74. The Morgan fingerprint density at radius 1 is 1.58 bits per heavy atom. The van der Waals surface area contributed by atoms with Gasteiger partial charge in [-0.3, -0.25) is 5.32 Å². The number of aliphatic hydroxyl groups is 1. The van der Waals surface area contributed by atoms with E-state index in [4.69, 9.17) is 5.11 Å². The lowest BCUT2D eigenvalue weighted by molar-refractivity contribution is 0.187. The van der Waals surface area contributed by atoms with Crippen LogP contribution in [0.2, 0.25) is 0 Å². The Hall–Kier alpha value is -1.14. The molecule has 2 N–H and O–H groups in total. The summed E-state index contributed by atoms with van der Waals surface area (Å²) in [6.45, 7) is 3.11. The van der Waals surface area contributed by atoms with E-state index in [1.165, 1.54) is 24.2 Å². The number of nitrogens with zero attached hydrogens (tertiary/aromatic N) is 2. The first-order chi connectivity index (χ1) is 9.24. The van der Waals surface area contributed by atoms with E-state index in [2.05, 4.69) is 17.2 Å². The van der Waals surface area contributed by atoms with E-state index in [-0.39, 0.29) is 12.6 Å². The molecule has 0 atom stereocenters. The van der Waals surface area contributed by atoms with Crippen LogP contribution in [0, 0.1) is 0 Å². The fourth-order valence-electron chi connectivity index (χ4n) is 1.87. The number of nitrogens with one attached hydrogen (secondary N) is 1. The molecule has 106 valence electrons. The molecule has 0 aromatic carbocycles. The maximum Gasteiger partial charge on any atom is 0.323 e. The normalized spacial score (nSPS) is 14.4. The zero-order chi connectivity index (χ0) is 13.7. The molecule has 0 radical (unpaired) electrons. The number of unbranched alkanes of at least 4 members (excludes halogenated alkanes) is 1. The monoisotopic (exact) mass is 283 g/mol. The van der Waals surface area contributed by atoms with Gasteiger partial charge in [-0.2, -0.15) is 0 Å². The smallest absolute Gasteiger partial charge is 0.323 e. The number of hydrogen-bond acceptors (Lipinski definition) is 4. The van der Waals surface area contributed by atoms with E-state index >= 15 is 0 Å². The number of anilines is 1. The highest BCUT2D eigenvalue weighted by Crippen LogP contribution is 2.40. The van der Waals surface area contributed by atoms with Crippen molar-refractivity contribution < 1.29 is 9.90 Å². The van der Waals surface area contributed by atoms with Crippen LogP contribution in [0.5, 0.6) is 0 Å². The summed E-state index contributed by atoms with van der Waals surface area (Å²) in [5.74, 6) is 0.607. The minimum absolute atomic E-state index is 0.0116. The SMILES string of the molecule is CCCCN(CCO)C(=O)Nc1nc(C2CC2)cs1. The summed E-state index contributed by atoms with van der Waals surface area (Å²) in [5.41, 5.74) is 1.10. The number of urea groups is 1. The van der Waals surface area contributed by atoms with E-state index in [0.29, 0.717) is 24.1 Å².